The van der Waals surface area contributed by atoms with Crippen molar-refractivity contribution in [2.75, 3.05) is 0 Å². The Balaban J connectivity index is 0. The van der Waals surface area contributed by atoms with Crippen molar-refractivity contribution in [2.24, 2.45) is 0 Å². The van der Waals surface area contributed by atoms with Crippen LogP contribution >= 0.6 is 34.8 Å². The molecule has 0 aliphatic heterocycles. The predicted molar refractivity (Wildman–Crippen MR) is 27.4 cm³/mol. The van der Waals surface area contributed by atoms with E-state index in [1.807, 2.05) is 0 Å². The molecule has 0 aromatic carbocycles. The summed E-state index contributed by atoms with van der Waals surface area (Å²) < 4.78 is 0. The van der Waals surface area contributed by atoms with Gasteiger partial charge in [0, 0.05) is 21.7 Å². The summed E-state index contributed by atoms with van der Waals surface area (Å²) in [6.07, 6.45) is 0. The first-order chi connectivity index (χ1) is 2.64. The molecule has 0 rings (SSSR count). The SMILES string of the molecule is OC(Cl)C(Cl)Cl.[Ti]. The van der Waals surface area contributed by atoms with E-state index in [9.17, 15) is 0 Å². The molecule has 0 bridgehead atoms. The Morgan fingerprint density at radius 1 is 1.14 bits per heavy atom. The number of halogens is 3. The van der Waals surface area contributed by atoms with Crippen LogP contribution in [0.4, 0.5) is 0 Å². The van der Waals surface area contributed by atoms with Gasteiger partial charge in [-0.3, -0.25) is 0 Å². The predicted octanol–water partition coefficient (Wildman–Crippen LogP) is 1.34. The molecule has 0 aliphatic rings. The monoisotopic (exact) mass is 196 g/mol. The first-order valence-corrected chi connectivity index (χ1v) is 2.56. The van der Waals surface area contributed by atoms with E-state index in [0.29, 0.717) is 0 Å². The van der Waals surface area contributed by atoms with Crippen molar-refractivity contribution >= 4 is 34.8 Å². The second-order valence-corrected chi connectivity index (χ2v) is 2.32. The largest absolute Gasteiger partial charge is 0.375 e. The van der Waals surface area contributed by atoms with Crippen LogP contribution in [-0.2, 0) is 21.7 Å². The number of hydrogen-bond acceptors (Lipinski definition) is 1. The van der Waals surface area contributed by atoms with Gasteiger partial charge < -0.3 is 5.11 Å². The molecule has 1 atom stereocenters. The van der Waals surface area contributed by atoms with Gasteiger partial charge in [-0.1, -0.05) is 11.6 Å². The molecule has 0 aromatic heterocycles. The van der Waals surface area contributed by atoms with Crippen molar-refractivity contribution in [3.05, 3.63) is 0 Å². The second kappa shape index (κ2) is 5.68. The molecule has 0 radical (unpaired) electrons. The van der Waals surface area contributed by atoms with Crippen molar-refractivity contribution in [1.82, 2.24) is 0 Å². The van der Waals surface area contributed by atoms with Gasteiger partial charge >= 0.3 is 0 Å². The fraction of sp³-hybridized carbons (Fsp3) is 1.00. The van der Waals surface area contributed by atoms with Crippen molar-refractivity contribution in [3.8, 4) is 0 Å². The van der Waals surface area contributed by atoms with E-state index < -0.39 is 10.4 Å². The number of alkyl halides is 3. The van der Waals surface area contributed by atoms with Crippen LogP contribution in [-0.4, -0.2) is 15.5 Å². The number of hydrogen-bond donors (Lipinski definition) is 1. The van der Waals surface area contributed by atoms with Gasteiger partial charge in [0.25, 0.3) is 0 Å². The van der Waals surface area contributed by atoms with Crippen LogP contribution < -0.4 is 0 Å². The van der Waals surface area contributed by atoms with Gasteiger partial charge in [-0.05, 0) is 0 Å². The maximum atomic E-state index is 8.13. The summed E-state index contributed by atoms with van der Waals surface area (Å²) in [7, 11) is 0. The molecule has 5 heteroatoms. The van der Waals surface area contributed by atoms with Gasteiger partial charge in [-0.15, -0.1) is 23.2 Å². The molecular formula is C2H3Cl3OTi. The molecule has 0 amide bonds. The van der Waals surface area contributed by atoms with Gasteiger partial charge in [-0.2, -0.15) is 0 Å². The summed E-state index contributed by atoms with van der Waals surface area (Å²) in [5.41, 5.74) is -1.15. The number of aliphatic hydroxyl groups is 1. The third kappa shape index (κ3) is 7.54. The molecule has 7 heavy (non-hydrogen) atoms. The summed E-state index contributed by atoms with van der Waals surface area (Å²) in [6.45, 7) is 0. The minimum atomic E-state index is -1.15. The maximum Gasteiger partial charge on any atom is 0.157 e. The maximum absolute atomic E-state index is 8.13. The molecule has 1 nitrogen and oxygen atoms in total. The van der Waals surface area contributed by atoms with Crippen LogP contribution in [0.2, 0.25) is 0 Å². The van der Waals surface area contributed by atoms with Crippen LogP contribution in [0, 0.1) is 0 Å². The Morgan fingerprint density at radius 2 is 1.29 bits per heavy atom. The Labute approximate surface area is 71.8 Å². The Bertz CT molecular complexity index is 33.9. The Kier molecular flexibility index (Phi) is 9.21. The van der Waals surface area contributed by atoms with E-state index in [1.54, 1.807) is 0 Å². The van der Waals surface area contributed by atoms with Crippen LogP contribution in [0.3, 0.4) is 0 Å². The van der Waals surface area contributed by atoms with E-state index >= 15 is 0 Å². The normalized spacial score (nSPS) is 13.3. The molecule has 0 aliphatic carbocycles. The van der Waals surface area contributed by atoms with E-state index in [0.717, 1.165) is 0 Å². The number of rotatable bonds is 1. The second-order valence-electron chi connectivity index (χ2n) is 0.707. The summed E-state index contributed by atoms with van der Waals surface area (Å²) in [6, 6.07) is 0. The first-order valence-electron chi connectivity index (χ1n) is 1.25. The fourth-order valence-corrected chi connectivity index (χ4v) is 0. The molecule has 42 valence electrons. The first kappa shape index (κ1) is 11.4. The van der Waals surface area contributed by atoms with Gasteiger partial charge in [0.05, 0.1) is 0 Å². The molecule has 1 unspecified atom stereocenters. The van der Waals surface area contributed by atoms with Gasteiger partial charge in [0.1, 0.15) is 4.84 Å². The van der Waals surface area contributed by atoms with Crippen LogP contribution in [0.5, 0.6) is 0 Å². The minimum Gasteiger partial charge on any atom is -0.375 e. The summed E-state index contributed by atoms with van der Waals surface area (Å²) in [4.78, 5) is -0.883. The Hall–Kier alpha value is 1.54. The molecule has 0 saturated heterocycles. The van der Waals surface area contributed by atoms with Crippen molar-refractivity contribution < 1.29 is 26.8 Å². The van der Waals surface area contributed by atoms with Crippen molar-refractivity contribution in [2.45, 2.75) is 10.4 Å². The van der Waals surface area contributed by atoms with E-state index in [-0.39, 0.29) is 21.7 Å². The zero-order valence-electron chi connectivity index (χ0n) is 3.24. The van der Waals surface area contributed by atoms with Crippen LogP contribution in [0.15, 0.2) is 0 Å². The molecule has 0 spiro atoms. The standard InChI is InChI=1S/C2H3Cl3O.Ti/c3-1(4)2(5)6;/h1-2,6H;. The fourth-order valence-electron chi connectivity index (χ4n) is 0. The zero-order chi connectivity index (χ0) is 5.15. The van der Waals surface area contributed by atoms with Gasteiger partial charge in [-0.25, -0.2) is 0 Å². The molecular weight excluding hydrogens is 194 g/mol. The quantitative estimate of drug-likeness (QED) is 0.497. The van der Waals surface area contributed by atoms with E-state index in [2.05, 4.69) is 0 Å². The van der Waals surface area contributed by atoms with E-state index in [1.165, 1.54) is 0 Å². The van der Waals surface area contributed by atoms with Crippen LogP contribution in [0.25, 0.3) is 0 Å². The van der Waals surface area contributed by atoms with Gasteiger partial charge in [0.15, 0.2) is 5.56 Å². The Morgan fingerprint density at radius 3 is 1.29 bits per heavy atom. The van der Waals surface area contributed by atoms with Crippen LogP contribution in [0.1, 0.15) is 0 Å². The summed E-state index contributed by atoms with van der Waals surface area (Å²) in [5, 5.41) is 8.13. The third-order valence-electron chi connectivity index (χ3n) is 0.208. The zero-order valence-corrected chi connectivity index (χ0v) is 7.07. The average molecular weight is 197 g/mol. The molecule has 0 heterocycles. The molecule has 0 fully saturated rings. The average Bonchev–Trinajstić information content (AvgIpc) is 1.36. The van der Waals surface area contributed by atoms with E-state index in [4.69, 9.17) is 39.9 Å². The number of aliphatic hydroxyl groups excluding tert-OH is 1. The van der Waals surface area contributed by atoms with Crippen molar-refractivity contribution in [1.29, 1.82) is 0 Å². The minimum absolute atomic E-state index is 0. The molecule has 0 aromatic rings. The smallest absolute Gasteiger partial charge is 0.157 e. The summed E-state index contributed by atoms with van der Waals surface area (Å²) in [5.74, 6) is 0. The molecule has 1 N–H and O–H groups in total. The topological polar surface area (TPSA) is 20.2 Å². The molecule has 0 saturated carbocycles. The third-order valence-corrected chi connectivity index (χ3v) is 1.20. The van der Waals surface area contributed by atoms with Crippen molar-refractivity contribution in [3.63, 3.8) is 0 Å². The summed E-state index contributed by atoms with van der Waals surface area (Å²) >= 11 is 14.9. The van der Waals surface area contributed by atoms with Gasteiger partial charge in [0.2, 0.25) is 0 Å².